The molecule has 0 heterocycles. The van der Waals surface area contributed by atoms with Crippen LogP contribution in [-0.2, 0) is 11.2 Å². The first-order chi connectivity index (χ1) is 6.83. The van der Waals surface area contributed by atoms with Crippen molar-refractivity contribution >= 4 is 5.91 Å². The lowest BCUT2D eigenvalue weighted by molar-refractivity contribution is -0.120. The van der Waals surface area contributed by atoms with Gasteiger partial charge in [0.2, 0.25) is 5.91 Å². The van der Waals surface area contributed by atoms with Gasteiger partial charge in [0.25, 0.3) is 0 Å². The summed E-state index contributed by atoms with van der Waals surface area (Å²) in [5.41, 5.74) is 1.06. The maximum absolute atomic E-state index is 11.4. The van der Waals surface area contributed by atoms with Crippen molar-refractivity contribution in [3.63, 3.8) is 0 Å². The molecule has 0 saturated heterocycles. The van der Waals surface area contributed by atoms with Gasteiger partial charge in [0.15, 0.2) is 0 Å². The molecule has 0 fully saturated rings. The van der Waals surface area contributed by atoms with Crippen molar-refractivity contribution in [3.8, 4) is 0 Å². The molecule has 1 aromatic rings. The van der Waals surface area contributed by atoms with Crippen LogP contribution in [0.1, 0.15) is 18.4 Å². The molecule has 75 valence electrons. The fourth-order valence-corrected chi connectivity index (χ4v) is 1.20. The van der Waals surface area contributed by atoms with Crippen LogP contribution in [0.4, 0.5) is 0 Å². The summed E-state index contributed by atoms with van der Waals surface area (Å²) in [5, 5.41) is 2.85. The van der Waals surface area contributed by atoms with Gasteiger partial charge in [-0.3, -0.25) is 4.79 Å². The number of hydrogen-bond acceptors (Lipinski definition) is 1. The standard InChI is InChI=1S/C12H16NO/c1-2-3-9-13-12(14)10-11-7-5-4-6-8-11/h4-8H,1-3,9-10H2,(H,13,14). The van der Waals surface area contributed by atoms with Crippen molar-refractivity contribution in [1.82, 2.24) is 5.32 Å². The molecule has 1 radical (unpaired) electrons. The zero-order chi connectivity index (χ0) is 10.2. The molecule has 0 aliphatic rings. The van der Waals surface area contributed by atoms with E-state index < -0.39 is 0 Å². The second kappa shape index (κ2) is 6.19. The maximum Gasteiger partial charge on any atom is 0.224 e. The van der Waals surface area contributed by atoms with Crippen LogP contribution in [-0.4, -0.2) is 12.5 Å². The Labute approximate surface area is 85.3 Å². The molecule has 1 N–H and O–H groups in total. The molecule has 1 aromatic carbocycles. The summed E-state index contributed by atoms with van der Waals surface area (Å²) in [6.45, 7) is 4.45. The molecule has 14 heavy (non-hydrogen) atoms. The summed E-state index contributed by atoms with van der Waals surface area (Å²) in [6.07, 6.45) is 2.28. The van der Waals surface area contributed by atoms with Crippen molar-refractivity contribution in [3.05, 3.63) is 42.8 Å². The number of amides is 1. The SMILES string of the molecule is [CH2]CCCNC(=O)Cc1ccccc1. The van der Waals surface area contributed by atoms with Gasteiger partial charge in [-0.2, -0.15) is 0 Å². The Balaban J connectivity index is 2.27. The van der Waals surface area contributed by atoms with Gasteiger partial charge in [-0.05, 0) is 12.0 Å². The minimum absolute atomic E-state index is 0.0876. The van der Waals surface area contributed by atoms with Crippen LogP contribution < -0.4 is 5.32 Å². The number of unbranched alkanes of at least 4 members (excludes halogenated alkanes) is 1. The molecule has 1 amide bonds. The molecule has 0 aromatic heterocycles. The molecule has 0 atom stereocenters. The predicted octanol–water partition coefficient (Wildman–Crippen LogP) is 1.96. The lowest BCUT2D eigenvalue weighted by Crippen LogP contribution is -2.25. The molecule has 0 spiro atoms. The van der Waals surface area contributed by atoms with Crippen molar-refractivity contribution in [2.75, 3.05) is 6.54 Å². The quantitative estimate of drug-likeness (QED) is 0.706. The fourth-order valence-electron chi connectivity index (χ4n) is 1.20. The van der Waals surface area contributed by atoms with E-state index in [1.165, 1.54) is 0 Å². The van der Waals surface area contributed by atoms with E-state index in [9.17, 15) is 4.79 Å². The Bertz CT molecular complexity index is 269. The van der Waals surface area contributed by atoms with Crippen molar-refractivity contribution < 1.29 is 4.79 Å². The molecule has 0 unspecified atom stereocenters. The van der Waals surface area contributed by atoms with E-state index in [-0.39, 0.29) is 5.91 Å². The predicted molar refractivity (Wildman–Crippen MR) is 57.7 cm³/mol. The number of benzene rings is 1. The molecule has 1 rings (SSSR count). The third kappa shape index (κ3) is 4.08. The average molecular weight is 190 g/mol. The molecule has 2 nitrogen and oxygen atoms in total. The third-order valence-corrected chi connectivity index (χ3v) is 1.96. The first-order valence-electron chi connectivity index (χ1n) is 4.93. The zero-order valence-electron chi connectivity index (χ0n) is 8.33. The van der Waals surface area contributed by atoms with Gasteiger partial charge >= 0.3 is 0 Å². The summed E-state index contributed by atoms with van der Waals surface area (Å²) < 4.78 is 0. The Morgan fingerprint density at radius 2 is 2.00 bits per heavy atom. The van der Waals surface area contributed by atoms with Gasteiger partial charge in [0.1, 0.15) is 0 Å². The van der Waals surface area contributed by atoms with Crippen LogP contribution in [0.15, 0.2) is 30.3 Å². The van der Waals surface area contributed by atoms with E-state index in [1.54, 1.807) is 0 Å². The molecule has 0 aliphatic heterocycles. The van der Waals surface area contributed by atoms with Gasteiger partial charge in [0, 0.05) is 6.54 Å². The van der Waals surface area contributed by atoms with Gasteiger partial charge < -0.3 is 5.32 Å². The van der Waals surface area contributed by atoms with Crippen LogP contribution in [0, 0.1) is 6.92 Å². The van der Waals surface area contributed by atoms with Gasteiger partial charge in [-0.25, -0.2) is 0 Å². The summed E-state index contributed by atoms with van der Waals surface area (Å²) in [7, 11) is 0. The minimum atomic E-state index is 0.0876. The molecular weight excluding hydrogens is 174 g/mol. The summed E-state index contributed by atoms with van der Waals surface area (Å²) in [6, 6.07) is 9.75. The van der Waals surface area contributed by atoms with Crippen molar-refractivity contribution in [2.45, 2.75) is 19.3 Å². The van der Waals surface area contributed by atoms with E-state index in [0.29, 0.717) is 6.42 Å². The van der Waals surface area contributed by atoms with E-state index >= 15 is 0 Å². The van der Waals surface area contributed by atoms with Crippen LogP contribution >= 0.6 is 0 Å². The summed E-state index contributed by atoms with van der Waals surface area (Å²) in [4.78, 5) is 11.4. The number of carbonyl (C=O) groups is 1. The van der Waals surface area contributed by atoms with E-state index in [2.05, 4.69) is 12.2 Å². The van der Waals surface area contributed by atoms with Crippen LogP contribution in [0.25, 0.3) is 0 Å². The van der Waals surface area contributed by atoms with E-state index in [1.807, 2.05) is 30.3 Å². The number of rotatable bonds is 5. The first-order valence-corrected chi connectivity index (χ1v) is 4.93. The lowest BCUT2D eigenvalue weighted by Gasteiger charge is -2.03. The van der Waals surface area contributed by atoms with Crippen molar-refractivity contribution in [1.29, 1.82) is 0 Å². The highest BCUT2D eigenvalue weighted by molar-refractivity contribution is 5.78. The normalized spacial score (nSPS) is 9.79. The highest BCUT2D eigenvalue weighted by atomic mass is 16.1. The lowest BCUT2D eigenvalue weighted by atomic mass is 10.1. The Morgan fingerprint density at radius 1 is 1.29 bits per heavy atom. The third-order valence-electron chi connectivity index (χ3n) is 1.96. The monoisotopic (exact) mass is 190 g/mol. The van der Waals surface area contributed by atoms with Gasteiger partial charge in [-0.15, -0.1) is 0 Å². The minimum Gasteiger partial charge on any atom is -0.356 e. The Kier molecular flexibility index (Phi) is 4.76. The summed E-state index contributed by atoms with van der Waals surface area (Å²) >= 11 is 0. The second-order valence-corrected chi connectivity index (χ2v) is 3.22. The first kappa shape index (κ1) is 10.8. The van der Waals surface area contributed by atoms with Gasteiger partial charge in [-0.1, -0.05) is 43.7 Å². The van der Waals surface area contributed by atoms with Crippen molar-refractivity contribution in [2.24, 2.45) is 0 Å². The fraction of sp³-hybridized carbons (Fsp3) is 0.333. The highest BCUT2D eigenvalue weighted by Crippen LogP contribution is 1.98. The number of hydrogen-bond donors (Lipinski definition) is 1. The van der Waals surface area contributed by atoms with Gasteiger partial charge in [0.05, 0.1) is 6.42 Å². The number of carbonyl (C=O) groups excluding carboxylic acids is 1. The highest BCUT2D eigenvalue weighted by Gasteiger charge is 2.00. The van der Waals surface area contributed by atoms with Crippen LogP contribution in [0.2, 0.25) is 0 Å². The van der Waals surface area contributed by atoms with Crippen LogP contribution in [0.3, 0.4) is 0 Å². The molecular formula is C12H16NO. The molecule has 2 heteroatoms. The average Bonchev–Trinajstić information content (AvgIpc) is 2.20. The molecule has 0 aliphatic carbocycles. The van der Waals surface area contributed by atoms with E-state index in [0.717, 1.165) is 24.9 Å². The summed E-state index contributed by atoms with van der Waals surface area (Å²) in [5.74, 6) is 0.0876. The smallest absolute Gasteiger partial charge is 0.224 e. The Morgan fingerprint density at radius 3 is 2.64 bits per heavy atom. The maximum atomic E-state index is 11.4. The van der Waals surface area contributed by atoms with Crippen LogP contribution in [0.5, 0.6) is 0 Å². The molecule has 0 saturated carbocycles. The number of nitrogens with one attached hydrogen (secondary N) is 1. The molecule has 0 bridgehead atoms. The topological polar surface area (TPSA) is 29.1 Å². The second-order valence-electron chi connectivity index (χ2n) is 3.22. The van der Waals surface area contributed by atoms with E-state index in [4.69, 9.17) is 0 Å². The largest absolute Gasteiger partial charge is 0.356 e. The zero-order valence-corrected chi connectivity index (χ0v) is 8.33. The Hall–Kier alpha value is -1.31.